The van der Waals surface area contributed by atoms with Crippen LogP contribution in [-0.4, -0.2) is 19.3 Å². The average molecular weight is 431 g/mol. The van der Waals surface area contributed by atoms with Crippen LogP contribution in [0.5, 0.6) is 5.75 Å². The predicted molar refractivity (Wildman–Crippen MR) is 128 cm³/mol. The highest BCUT2D eigenvalue weighted by Crippen LogP contribution is 2.28. The second-order valence-corrected chi connectivity index (χ2v) is 7.82. The van der Waals surface area contributed by atoms with Gasteiger partial charge in [0, 0.05) is 30.2 Å². The maximum atomic E-state index is 12.8. The third-order valence-electron chi connectivity index (χ3n) is 5.52. The lowest BCUT2D eigenvalue weighted by Crippen LogP contribution is -2.29. The molecule has 0 N–H and O–H groups in total. The van der Waals surface area contributed by atoms with Gasteiger partial charge in [0.15, 0.2) is 0 Å². The minimum Gasteiger partial charge on any atom is -0.758 e. The molecule has 2 aliphatic carbocycles. The fraction of sp³-hybridized carbons (Fsp3) is 0.231. The molecule has 2 unspecified atom stereocenters. The number of nitrogens with zero attached hydrogens (tertiary/aromatic N) is 2. The van der Waals surface area contributed by atoms with Crippen LogP contribution in [0.25, 0.3) is 0 Å². The summed E-state index contributed by atoms with van der Waals surface area (Å²) in [6.45, 7) is 2.03. The van der Waals surface area contributed by atoms with E-state index in [9.17, 15) is 10.4 Å². The summed E-state index contributed by atoms with van der Waals surface area (Å²) in [5.41, 5.74) is 2.71. The molecular weight excluding hydrogens is 404 g/mol. The minimum atomic E-state index is -0.329. The van der Waals surface area contributed by atoms with Crippen LogP contribution in [0.4, 0.5) is 11.4 Å². The van der Waals surface area contributed by atoms with E-state index in [-0.39, 0.29) is 12.1 Å². The first-order valence-corrected chi connectivity index (χ1v) is 10.6. The monoisotopic (exact) mass is 430 g/mol. The first kappa shape index (κ1) is 21.9. The molecule has 4 rings (SSSR count). The van der Waals surface area contributed by atoms with Gasteiger partial charge in [-0.05, 0) is 74.4 Å². The van der Waals surface area contributed by atoms with E-state index in [1.165, 1.54) is 5.56 Å². The molecule has 0 aliphatic heterocycles. The Labute approximate surface area is 188 Å². The zero-order valence-electron chi connectivity index (χ0n) is 18.2. The van der Waals surface area contributed by atoms with Gasteiger partial charge in [-0.15, -0.1) is 0 Å². The molecule has 2 aliphatic rings. The van der Waals surface area contributed by atoms with E-state index in [0.717, 1.165) is 21.6 Å². The molecule has 0 aromatic heterocycles. The van der Waals surface area contributed by atoms with Crippen LogP contribution < -0.4 is 14.9 Å². The third-order valence-corrected chi connectivity index (χ3v) is 5.52. The Morgan fingerprint density at radius 1 is 0.844 bits per heavy atom. The van der Waals surface area contributed by atoms with Crippen molar-refractivity contribution in [2.24, 2.45) is 0 Å². The second kappa shape index (κ2) is 9.87. The number of methoxy groups -OCH3 is 1. The lowest BCUT2D eigenvalue weighted by molar-refractivity contribution is 0.142. The maximum Gasteiger partial charge on any atom is 0.127 e. The lowest BCUT2D eigenvalue weighted by atomic mass is 10.1. The topological polar surface area (TPSA) is 71.1 Å². The van der Waals surface area contributed by atoms with Crippen LogP contribution in [-0.2, 0) is 4.74 Å². The molecule has 0 fully saturated rings. The quantitative estimate of drug-likeness (QED) is 0.521. The van der Waals surface area contributed by atoms with E-state index >= 15 is 0 Å². The maximum absolute atomic E-state index is 12.8. The molecule has 6 heteroatoms. The lowest BCUT2D eigenvalue weighted by Gasteiger charge is -2.39. The molecule has 166 valence electrons. The number of aryl methyl sites for hydroxylation is 1. The van der Waals surface area contributed by atoms with Gasteiger partial charge < -0.3 is 30.0 Å². The molecule has 2 aromatic rings. The van der Waals surface area contributed by atoms with Crippen molar-refractivity contribution in [3.05, 3.63) is 112 Å². The van der Waals surface area contributed by atoms with Gasteiger partial charge >= 0.3 is 0 Å². The molecule has 0 saturated heterocycles. The van der Waals surface area contributed by atoms with E-state index in [0.29, 0.717) is 29.9 Å². The van der Waals surface area contributed by atoms with E-state index in [4.69, 9.17) is 9.47 Å². The number of hydrogen-bond acceptors (Lipinski definition) is 6. The smallest absolute Gasteiger partial charge is 0.127 e. The number of anilines is 2. The summed E-state index contributed by atoms with van der Waals surface area (Å²) in [6.07, 6.45) is 12.3. The van der Waals surface area contributed by atoms with Gasteiger partial charge in [-0.3, -0.25) is 0 Å². The number of hydrogen-bond donors (Lipinski definition) is 0. The minimum absolute atomic E-state index is 0.00366. The highest BCUT2D eigenvalue weighted by Gasteiger charge is 2.13. The first-order chi connectivity index (χ1) is 15.5. The number of allylic oxidation sites excluding steroid dienone is 2. The molecule has 0 bridgehead atoms. The molecule has 2 aromatic carbocycles. The number of hydroxylamine groups is 2. The number of benzene rings is 2. The van der Waals surface area contributed by atoms with Gasteiger partial charge in [0.1, 0.15) is 11.5 Å². The van der Waals surface area contributed by atoms with Gasteiger partial charge in [0.2, 0.25) is 0 Å². The fourth-order valence-corrected chi connectivity index (χ4v) is 3.57. The van der Waals surface area contributed by atoms with Crippen LogP contribution in [0.15, 0.2) is 96.4 Å². The SMILES string of the molecule is COC1C=CC(N([O-])c2ccc(N([O-])C3C=CC(Oc4ccc(C)cc4)=CC3)cc2)=CC1. The predicted octanol–water partition coefficient (Wildman–Crippen LogP) is 5.75. The summed E-state index contributed by atoms with van der Waals surface area (Å²) in [4.78, 5) is 0. The molecule has 32 heavy (non-hydrogen) atoms. The van der Waals surface area contributed by atoms with Gasteiger partial charge in [-0.2, -0.15) is 0 Å². The van der Waals surface area contributed by atoms with Crippen molar-refractivity contribution in [1.29, 1.82) is 0 Å². The first-order valence-electron chi connectivity index (χ1n) is 10.6. The van der Waals surface area contributed by atoms with E-state index in [1.54, 1.807) is 37.5 Å². The van der Waals surface area contributed by atoms with E-state index in [2.05, 4.69) is 0 Å². The third kappa shape index (κ3) is 5.11. The zero-order chi connectivity index (χ0) is 22.5. The number of rotatable bonds is 7. The molecule has 6 nitrogen and oxygen atoms in total. The second-order valence-electron chi connectivity index (χ2n) is 7.82. The summed E-state index contributed by atoms with van der Waals surface area (Å²) in [7, 11) is 1.64. The normalized spacial score (nSPS) is 19.9. The summed E-state index contributed by atoms with van der Waals surface area (Å²) in [5, 5.41) is 27.3. The van der Waals surface area contributed by atoms with Crippen molar-refractivity contribution >= 4 is 11.4 Å². The van der Waals surface area contributed by atoms with Gasteiger partial charge in [0.25, 0.3) is 0 Å². The zero-order valence-corrected chi connectivity index (χ0v) is 18.2. The molecule has 0 heterocycles. The van der Waals surface area contributed by atoms with Crippen LogP contribution in [0.2, 0.25) is 0 Å². The summed E-state index contributed by atoms with van der Waals surface area (Å²) >= 11 is 0. The van der Waals surface area contributed by atoms with Crippen LogP contribution >= 0.6 is 0 Å². The van der Waals surface area contributed by atoms with Gasteiger partial charge in [-0.25, -0.2) is 0 Å². The summed E-state index contributed by atoms with van der Waals surface area (Å²) in [5.74, 6) is 1.49. The summed E-state index contributed by atoms with van der Waals surface area (Å²) < 4.78 is 11.1. The largest absolute Gasteiger partial charge is 0.758 e. The average Bonchev–Trinajstić information content (AvgIpc) is 2.85. The Bertz CT molecular complexity index is 1040. The van der Waals surface area contributed by atoms with E-state index < -0.39 is 0 Å². The van der Waals surface area contributed by atoms with Crippen LogP contribution in [0.3, 0.4) is 0 Å². The van der Waals surface area contributed by atoms with E-state index in [1.807, 2.05) is 61.6 Å². The Kier molecular flexibility index (Phi) is 6.75. The molecule has 0 radical (unpaired) electrons. The Hall–Kier alpha value is -3.32. The van der Waals surface area contributed by atoms with Crippen molar-refractivity contribution in [3.63, 3.8) is 0 Å². The standard InChI is InChI=1S/C26H26N2O4/c1-19-3-13-25(14-4-19)32-26-17-11-23(12-18-26)28(30)21-7-5-20(6-8-21)27(29)22-9-15-24(31-2)16-10-22/h3-11,13-15,17-18,23-24H,12,16H2,1-2H3/q-2. The highest BCUT2D eigenvalue weighted by molar-refractivity contribution is 5.62. The fourth-order valence-electron chi connectivity index (χ4n) is 3.57. The molecule has 2 atom stereocenters. The molecule has 0 saturated carbocycles. The van der Waals surface area contributed by atoms with Crippen molar-refractivity contribution < 1.29 is 9.47 Å². The number of ether oxygens (including phenoxy) is 2. The Morgan fingerprint density at radius 2 is 1.56 bits per heavy atom. The van der Waals surface area contributed by atoms with Gasteiger partial charge in [-0.1, -0.05) is 35.9 Å². The van der Waals surface area contributed by atoms with Crippen molar-refractivity contribution in [2.45, 2.75) is 31.9 Å². The highest BCUT2D eigenvalue weighted by atomic mass is 16.5. The van der Waals surface area contributed by atoms with Crippen LogP contribution in [0.1, 0.15) is 18.4 Å². The Morgan fingerprint density at radius 3 is 2.16 bits per heavy atom. The van der Waals surface area contributed by atoms with Crippen LogP contribution in [0, 0.1) is 17.3 Å². The van der Waals surface area contributed by atoms with Crippen molar-refractivity contribution in [2.75, 3.05) is 17.2 Å². The molecule has 0 amide bonds. The summed E-state index contributed by atoms with van der Waals surface area (Å²) in [6, 6.07) is 14.2. The van der Waals surface area contributed by atoms with Crippen molar-refractivity contribution in [3.8, 4) is 5.75 Å². The molecule has 0 spiro atoms. The Balaban J connectivity index is 1.35. The van der Waals surface area contributed by atoms with Gasteiger partial charge in [0.05, 0.1) is 6.10 Å². The van der Waals surface area contributed by atoms with Crippen molar-refractivity contribution in [1.82, 2.24) is 0 Å². The molecular formula is C26H26N2O4-2.